The molecule has 0 spiro atoms. The fourth-order valence-electron chi connectivity index (χ4n) is 3.16. The van der Waals surface area contributed by atoms with E-state index in [1.54, 1.807) is 0 Å². The van der Waals surface area contributed by atoms with Gasteiger partial charge < -0.3 is 9.94 Å². The molecule has 2 atom stereocenters. The molecular formula is C19H26ClN3O6. The second-order valence-corrected chi connectivity index (χ2v) is 6.87. The summed E-state index contributed by atoms with van der Waals surface area (Å²) in [6.07, 6.45) is -0.747. The van der Waals surface area contributed by atoms with Gasteiger partial charge in [0.2, 0.25) is 0 Å². The molecule has 0 unspecified atom stereocenters. The predicted octanol–water partition coefficient (Wildman–Crippen LogP) is 3.09. The zero-order valence-corrected chi connectivity index (χ0v) is 17.2. The number of benzene rings is 1. The molecule has 1 aliphatic rings. The SMILES string of the molecule is CCN(CC)OC(=O)[C@@H]1CC[C@@H](N(OCc2ccccc2)C(=O)Cl)CN1C(=O)O. The van der Waals surface area contributed by atoms with Gasteiger partial charge in [-0.3, -0.25) is 14.5 Å². The van der Waals surface area contributed by atoms with E-state index in [0.29, 0.717) is 19.5 Å². The lowest BCUT2D eigenvalue weighted by Gasteiger charge is -2.40. The Morgan fingerprint density at radius 1 is 1.17 bits per heavy atom. The molecule has 9 nitrogen and oxygen atoms in total. The van der Waals surface area contributed by atoms with Crippen LogP contribution in [0.15, 0.2) is 30.3 Å². The minimum atomic E-state index is -1.28. The highest BCUT2D eigenvalue weighted by Crippen LogP contribution is 2.24. The average molecular weight is 428 g/mol. The summed E-state index contributed by atoms with van der Waals surface area (Å²) in [4.78, 5) is 47.9. The van der Waals surface area contributed by atoms with E-state index in [2.05, 4.69) is 0 Å². The summed E-state index contributed by atoms with van der Waals surface area (Å²) in [6.45, 7) is 4.64. The molecule has 1 aromatic carbocycles. The molecule has 160 valence electrons. The van der Waals surface area contributed by atoms with Crippen molar-refractivity contribution < 1.29 is 29.2 Å². The molecule has 10 heteroatoms. The van der Waals surface area contributed by atoms with Gasteiger partial charge in [0.05, 0.1) is 6.04 Å². The number of hydroxylamine groups is 4. The van der Waals surface area contributed by atoms with Crippen molar-refractivity contribution in [3.8, 4) is 0 Å². The molecule has 0 bridgehead atoms. The Kier molecular flexibility index (Phi) is 8.69. The maximum absolute atomic E-state index is 12.5. The highest BCUT2D eigenvalue weighted by molar-refractivity contribution is 6.62. The molecule has 1 aromatic rings. The molecule has 2 amide bonds. The summed E-state index contributed by atoms with van der Waals surface area (Å²) in [5, 5.41) is 11.2. The van der Waals surface area contributed by atoms with Crippen molar-refractivity contribution in [1.29, 1.82) is 0 Å². The summed E-state index contributed by atoms with van der Waals surface area (Å²) in [7, 11) is 0. The third-order valence-electron chi connectivity index (χ3n) is 4.72. The number of hydrogen-bond donors (Lipinski definition) is 1. The summed E-state index contributed by atoms with van der Waals surface area (Å²) in [6, 6.07) is 7.64. The number of likely N-dealkylation sites (tertiary alicyclic amines) is 1. The van der Waals surface area contributed by atoms with Crippen LogP contribution < -0.4 is 0 Å². The third-order valence-corrected chi connectivity index (χ3v) is 4.88. The van der Waals surface area contributed by atoms with Gasteiger partial charge in [0, 0.05) is 19.6 Å². The Hall–Kier alpha value is -2.36. The van der Waals surface area contributed by atoms with Gasteiger partial charge in [0.15, 0.2) is 0 Å². The van der Waals surface area contributed by atoms with E-state index in [1.165, 1.54) is 5.06 Å². The smallest absolute Gasteiger partial charge is 0.408 e. The second kappa shape index (κ2) is 11.0. The molecule has 0 aromatic heterocycles. The molecule has 1 N–H and O–H groups in total. The standard InChI is InChI=1S/C19H26ClN3O6/c1-3-21(4-2)29-17(24)16-11-10-15(12-22(16)19(26)27)23(18(20)25)28-13-14-8-6-5-7-9-14/h5-9,15-16H,3-4,10-13H2,1-2H3,(H,26,27)/t15-,16+/m1/s1. The number of amides is 2. The normalized spacial score (nSPS) is 19.1. The zero-order valence-electron chi connectivity index (χ0n) is 16.5. The van der Waals surface area contributed by atoms with E-state index in [4.69, 9.17) is 21.3 Å². The van der Waals surface area contributed by atoms with Gasteiger partial charge in [-0.05, 0) is 43.9 Å². The molecule has 2 rings (SSSR count). The Morgan fingerprint density at radius 2 is 1.83 bits per heavy atom. The maximum Gasteiger partial charge on any atom is 0.408 e. The lowest BCUT2D eigenvalue weighted by atomic mass is 9.98. The van der Waals surface area contributed by atoms with Gasteiger partial charge in [-0.25, -0.2) is 14.7 Å². The van der Waals surface area contributed by atoms with Crippen LogP contribution in [0.25, 0.3) is 0 Å². The van der Waals surface area contributed by atoms with Crippen LogP contribution in [-0.4, -0.2) is 69.3 Å². The first-order valence-corrected chi connectivity index (χ1v) is 9.87. The van der Waals surface area contributed by atoms with Crippen LogP contribution in [0, 0.1) is 0 Å². The van der Waals surface area contributed by atoms with Crippen molar-refractivity contribution in [3.05, 3.63) is 35.9 Å². The lowest BCUT2D eigenvalue weighted by molar-refractivity contribution is -0.199. The minimum Gasteiger partial charge on any atom is -0.465 e. The van der Waals surface area contributed by atoms with E-state index in [0.717, 1.165) is 15.5 Å². The van der Waals surface area contributed by atoms with E-state index in [-0.39, 0.29) is 19.6 Å². The van der Waals surface area contributed by atoms with Crippen molar-refractivity contribution in [3.63, 3.8) is 0 Å². The Bertz CT molecular complexity index is 700. The van der Waals surface area contributed by atoms with Crippen molar-refractivity contribution >= 4 is 29.0 Å². The summed E-state index contributed by atoms with van der Waals surface area (Å²) >= 11 is 5.67. The van der Waals surface area contributed by atoms with Gasteiger partial charge in [-0.1, -0.05) is 30.3 Å². The topological polar surface area (TPSA) is 99.6 Å². The van der Waals surface area contributed by atoms with Crippen molar-refractivity contribution in [2.75, 3.05) is 19.6 Å². The number of hydrogen-bond acceptors (Lipinski definition) is 6. The summed E-state index contributed by atoms with van der Waals surface area (Å²) in [5.41, 5.74) is 0.835. The average Bonchev–Trinajstić information content (AvgIpc) is 2.72. The van der Waals surface area contributed by atoms with Crippen LogP contribution >= 0.6 is 11.6 Å². The van der Waals surface area contributed by atoms with Gasteiger partial charge >= 0.3 is 17.4 Å². The zero-order chi connectivity index (χ0) is 21.4. The van der Waals surface area contributed by atoms with Crippen LogP contribution in [0.5, 0.6) is 0 Å². The quantitative estimate of drug-likeness (QED) is 0.386. The molecule has 0 saturated carbocycles. The Morgan fingerprint density at radius 3 is 2.38 bits per heavy atom. The fraction of sp³-hybridized carbons (Fsp3) is 0.526. The van der Waals surface area contributed by atoms with Crippen molar-refractivity contribution in [1.82, 2.24) is 15.0 Å². The first-order chi connectivity index (χ1) is 13.9. The monoisotopic (exact) mass is 427 g/mol. The number of carbonyl (C=O) groups excluding carboxylic acids is 2. The van der Waals surface area contributed by atoms with E-state index >= 15 is 0 Å². The van der Waals surface area contributed by atoms with Crippen LogP contribution in [0.3, 0.4) is 0 Å². The van der Waals surface area contributed by atoms with Gasteiger partial charge in [0.25, 0.3) is 0 Å². The molecule has 1 saturated heterocycles. The predicted molar refractivity (Wildman–Crippen MR) is 105 cm³/mol. The highest BCUT2D eigenvalue weighted by atomic mass is 35.5. The number of carbonyl (C=O) groups is 3. The number of piperidine rings is 1. The largest absolute Gasteiger partial charge is 0.465 e. The molecule has 1 fully saturated rings. The third kappa shape index (κ3) is 6.31. The van der Waals surface area contributed by atoms with Gasteiger partial charge in [0.1, 0.15) is 12.6 Å². The maximum atomic E-state index is 12.5. The van der Waals surface area contributed by atoms with Crippen LogP contribution in [-0.2, 0) is 21.1 Å². The number of halogens is 1. The first-order valence-electron chi connectivity index (χ1n) is 9.49. The highest BCUT2D eigenvalue weighted by Gasteiger charge is 2.41. The van der Waals surface area contributed by atoms with Crippen molar-refractivity contribution in [2.24, 2.45) is 0 Å². The van der Waals surface area contributed by atoms with Gasteiger partial charge in [-0.15, -0.1) is 5.06 Å². The molecule has 0 radical (unpaired) electrons. The van der Waals surface area contributed by atoms with Crippen LogP contribution in [0.4, 0.5) is 9.59 Å². The minimum absolute atomic E-state index is 0.107. The molecule has 1 heterocycles. The Labute approximate surface area is 174 Å². The molecule has 29 heavy (non-hydrogen) atoms. The lowest BCUT2D eigenvalue weighted by Crippen LogP contribution is -2.57. The second-order valence-electron chi connectivity index (χ2n) is 6.54. The molecular weight excluding hydrogens is 402 g/mol. The van der Waals surface area contributed by atoms with Crippen LogP contribution in [0.1, 0.15) is 32.3 Å². The number of rotatable bonds is 8. The van der Waals surface area contributed by atoms with Crippen LogP contribution in [0.2, 0.25) is 0 Å². The Balaban J connectivity index is 2.06. The van der Waals surface area contributed by atoms with E-state index < -0.39 is 29.5 Å². The summed E-state index contributed by atoms with van der Waals surface area (Å²) < 4.78 is 0. The van der Waals surface area contributed by atoms with Crippen molar-refractivity contribution in [2.45, 2.75) is 45.4 Å². The summed E-state index contributed by atoms with van der Waals surface area (Å²) in [5.74, 6) is -0.636. The van der Waals surface area contributed by atoms with E-state index in [1.807, 2.05) is 44.2 Å². The number of carboxylic acid groups (broad SMARTS) is 1. The van der Waals surface area contributed by atoms with E-state index in [9.17, 15) is 19.5 Å². The fourth-order valence-corrected chi connectivity index (χ4v) is 3.35. The van der Waals surface area contributed by atoms with Gasteiger partial charge in [-0.2, -0.15) is 0 Å². The molecule has 0 aliphatic carbocycles. The molecule has 1 aliphatic heterocycles. The first kappa shape index (κ1) is 22.9. The number of nitrogens with zero attached hydrogens (tertiary/aromatic N) is 3.